The molecule has 0 radical (unpaired) electrons. The Labute approximate surface area is 131 Å². The van der Waals surface area contributed by atoms with E-state index >= 15 is 0 Å². The molecule has 1 unspecified atom stereocenters. The zero-order valence-electron chi connectivity index (χ0n) is 12.8. The molecule has 0 N–H and O–H groups in total. The highest BCUT2D eigenvalue weighted by Gasteiger charge is 2.28. The van der Waals surface area contributed by atoms with Crippen molar-refractivity contribution in [3.63, 3.8) is 0 Å². The molecule has 0 spiro atoms. The standard InChI is InChI=1S/C14H22ClFN2O2S/c1-5-18(11(2)10-17(3)4)21(19,20)13-6-7-14(16)12(8-13)9-15/h6-8,11H,5,9-10H2,1-4H3. The lowest BCUT2D eigenvalue weighted by atomic mass is 10.2. The number of benzene rings is 1. The van der Waals surface area contributed by atoms with Crippen LogP contribution >= 0.6 is 11.6 Å². The summed E-state index contributed by atoms with van der Waals surface area (Å²) >= 11 is 5.64. The monoisotopic (exact) mass is 336 g/mol. The van der Waals surface area contributed by atoms with Crippen LogP contribution in [0.4, 0.5) is 4.39 Å². The van der Waals surface area contributed by atoms with Crippen LogP contribution in [-0.2, 0) is 15.9 Å². The molecule has 0 aliphatic heterocycles. The number of likely N-dealkylation sites (N-methyl/N-ethyl adjacent to an activating group) is 2. The highest BCUT2D eigenvalue weighted by Crippen LogP contribution is 2.22. The van der Waals surface area contributed by atoms with Gasteiger partial charge < -0.3 is 4.90 Å². The quantitative estimate of drug-likeness (QED) is 0.718. The van der Waals surface area contributed by atoms with Gasteiger partial charge in [0.15, 0.2) is 0 Å². The zero-order valence-corrected chi connectivity index (χ0v) is 14.4. The van der Waals surface area contributed by atoms with Crippen LogP contribution in [0.3, 0.4) is 0 Å². The third-order valence-electron chi connectivity index (χ3n) is 3.20. The van der Waals surface area contributed by atoms with Gasteiger partial charge in [0.25, 0.3) is 0 Å². The second kappa shape index (κ2) is 7.54. The smallest absolute Gasteiger partial charge is 0.243 e. The van der Waals surface area contributed by atoms with Gasteiger partial charge in [-0.05, 0) is 39.2 Å². The van der Waals surface area contributed by atoms with Gasteiger partial charge in [-0.15, -0.1) is 11.6 Å². The first kappa shape index (κ1) is 18.4. The minimum absolute atomic E-state index is 0.0609. The molecule has 0 amide bonds. The van der Waals surface area contributed by atoms with Gasteiger partial charge >= 0.3 is 0 Å². The Bertz CT molecular complexity index is 578. The Hall–Kier alpha value is -0.690. The van der Waals surface area contributed by atoms with Gasteiger partial charge in [-0.25, -0.2) is 12.8 Å². The topological polar surface area (TPSA) is 40.6 Å². The molecule has 7 heteroatoms. The Balaban J connectivity index is 3.18. The Morgan fingerprint density at radius 3 is 2.43 bits per heavy atom. The number of alkyl halides is 1. The molecule has 0 heterocycles. The summed E-state index contributed by atoms with van der Waals surface area (Å²) in [5, 5.41) is 0. The lowest BCUT2D eigenvalue weighted by molar-refractivity contribution is 0.271. The number of hydrogen-bond donors (Lipinski definition) is 0. The van der Waals surface area contributed by atoms with Gasteiger partial charge in [-0.2, -0.15) is 4.31 Å². The maximum Gasteiger partial charge on any atom is 0.243 e. The molecule has 1 aromatic rings. The van der Waals surface area contributed by atoms with Gasteiger partial charge in [-0.1, -0.05) is 6.92 Å². The molecule has 120 valence electrons. The van der Waals surface area contributed by atoms with E-state index in [4.69, 9.17) is 11.6 Å². The van der Waals surface area contributed by atoms with E-state index in [0.717, 1.165) is 6.07 Å². The van der Waals surface area contributed by atoms with Crippen LogP contribution in [0.15, 0.2) is 23.1 Å². The maximum atomic E-state index is 13.5. The molecule has 4 nitrogen and oxygen atoms in total. The average molecular weight is 337 g/mol. The van der Waals surface area contributed by atoms with Crippen molar-refractivity contribution in [3.8, 4) is 0 Å². The molecule has 21 heavy (non-hydrogen) atoms. The van der Waals surface area contributed by atoms with E-state index in [-0.39, 0.29) is 22.4 Å². The summed E-state index contributed by atoms with van der Waals surface area (Å²) in [5.41, 5.74) is 0.189. The van der Waals surface area contributed by atoms with Crippen molar-refractivity contribution in [3.05, 3.63) is 29.6 Å². The Kier molecular flexibility index (Phi) is 6.59. The number of sulfonamides is 1. The van der Waals surface area contributed by atoms with E-state index in [2.05, 4.69) is 0 Å². The maximum absolute atomic E-state index is 13.5. The fraction of sp³-hybridized carbons (Fsp3) is 0.571. The summed E-state index contributed by atoms with van der Waals surface area (Å²) in [6.45, 7) is 4.60. The van der Waals surface area contributed by atoms with Crippen LogP contribution in [-0.4, -0.2) is 50.8 Å². The molecule has 0 aromatic heterocycles. The summed E-state index contributed by atoms with van der Waals surface area (Å²) in [5.74, 6) is -0.553. The SMILES string of the molecule is CCN(C(C)CN(C)C)S(=O)(=O)c1ccc(F)c(CCl)c1. The summed E-state index contributed by atoms with van der Waals surface area (Å²) < 4.78 is 40.3. The predicted molar refractivity (Wildman–Crippen MR) is 83.5 cm³/mol. The van der Waals surface area contributed by atoms with Crippen molar-refractivity contribution in [1.82, 2.24) is 9.21 Å². The Morgan fingerprint density at radius 2 is 1.95 bits per heavy atom. The zero-order chi connectivity index (χ0) is 16.2. The first-order chi connectivity index (χ1) is 9.73. The largest absolute Gasteiger partial charge is 0.308 e. The molecule has 1 atom stereocenters. The van der Waals surface area contributed by atoms with Crippen LogP contribution < -0.4 is 0 Å². The number of hydrogen-bond acceptors (Lipinski definition) is 3. The molecule has 1 rings (SSSR count). The molecule has 0 saturated carbocycles. The third kappa shape index (κ3) is 4.39. The first-order valence-corrected chi connectivity index (χ1v) is 8.72. The molecule has 0 aliphatic rings. The normalized spacial score (nSPS) is 13.9. The number of rotatable bonds is 7. The van der Waals surface area contributed by atoms with Gasteiger partial charge in [-0.3, -0.25) is 0 Å². The van der Waals surface area contributed by atoms with Crippen molar-refractivity contribution in [2.24, 2.45) is 0 Å². The molecule has 0 aliphatic carbocycles. The lowest BCUT2D eigenvalue weighted by Gasteiger charge is -2.29. The third-order valence-corrected chi connectivity index (χ3v) is 5.57. The molecule has 0 bridgehead atoms. The second-order valence-corrected chi connectivity index (χ2v) is 7.36. The minimum Gasteiger partial charge on any atom is -0.308 e. The van der Waals surface area contributed by atoms with E-state index in [9.17, 15) is 12.8 Å². The van der Waals surface area contributed by atoms with Crippen LogP contribution in [0.2, 0.25) is 0 Å². The molecule has 0 saturated heterocycles. The van der Waals surface area contributed by atoms with Crippen LogP contribution in [0.1, 0.15) is 19.4 Å². The summed E-state index contributed by atoms with van der Waals surface area (Å²) in [6.07, 6.45) is 0. The molecular formula is C14H22ClFN2O2S. The summed E-state index contributed by atoms with van der Waals surface area (Å²) in [7, 11) is 0.115. The lowest BCUT2D eigenvalue weighted by Crippen LogP contribution is -2.43. The number of nitrogens with zero attached hydrogens (tertiary/aromatic N) is 2. The van der Waals surface area contributed by atoms with Crippen molar-refractivity contribution in [1.29, 1.82) is 0 Å². The summed E-state index contributed by atoms with van der Waals surface area (Å²) in [4.78, 5) is 2.00. The van der Waals surface area contributed by atoms with Crippen LogP contribution in [0.5, 0.6) is 0 Å². The molecule has 0 fully saturated rings. The van der Waals surface area contributed by atoms with E-state index in [0.29, 0.717) is 13.1 Å². The van der Waals surface area contributed by atoms with Crippen molar-refractivity contribution in [2.45, 2.75) is 30.7 Å². The molecule has 1 aromatic carbocycles. The second-order valence-electron chi connectivity index (χ2n) is 5.21. The van der Waals surface area contributed by atoms with Crippen molar-refractivity contribution >= 4 is 21.6 Å². The van der Waals surface area contributed by atoms with Crippen molar-refractivity contribution in [2.75, 3.05) is 27.2 Å². The molecular weight excluding hydrogens is 315 g/mol. The van der Waals surface area contributed by atoms with E-state index < -0.39 is 15.8 Å². The number of halogens is 2. The van der Waals surface area contributed by atoms with E-state index in [1.165, 1.54) is 16.4 Å². The highest BCUT2D eigenvalue weighted by molar-refractivity contribution is 7.89. The van der Waals surface area contributed by atoms with E-state index in [1.54, 1.807) is 6.92 Å². The van der Waals surface area contributed by atoms with Gasteiger partial charge in [0.05, 0.1) is 10.8 Å². The van der Waals surface area contributed by atoms with Gasteiger partial charge in [0.1, 0.15) is 5.82 Å². The summed E-state index contributed by atoms with van der Waals surface area (Å²) in [6, 6.07) is 3.56. The minimum atomic E-state index is -3.66. The average Bonchev–Trinajstić information content (AvgIpc) is 2.38. The van der Waals surface area contributed by atoms with Crippen LogP contribution in [0, 0.1) is 5.82 Å². The fourth-order valence-corrected chi connectivity index (χ4v) is 4.17. The Morgan fingerprint density at radius 1 is 1.33 bits per heavy atom. The first-order valence-electron chi connectivity index (χ1n) is 6.75. The fourth-order valence-electron chi connectivity index (χ4n) is 2.29. The van der Waals surface area contributed by atoms with Gasteiger partial charge in [0, 0.05) is 24.7 Å². The van der Waals surface area contributed by atoms with Crippen molar-refractivity contribution < 1.29 is 12.8 Å². The predicted octanol–water partition coefficient (Wildman–Crippen LogP) is 2.53. The highest BCUT2D eigenvalue weighted by atomic mass is 35.5. The van der Waals surface area contributed by atoms with E-state index in [1.807, 2.05) is 25.9 Å². The van der Waals surface area contributed by atoms with Gasteiger partial charge in [0.2, 0.25) is 10.0 Å². The van der Waals surface area contributed by atoms with Crippen LogP contribution in [0.25, 0.3) is 0 Å².